The molecule has 8 heteroatoms. The van der Waals surface area contributed by atoms with E-state index >= 15 is 0 Å². The fourth-order valence-corrected chi connectivity index (χ4v) is 7.66. The maximum absolute atomic E-state index is 13.5. The highest BCUT2D eigenvalue weighted by Gasteiger charge is 2.67. The van der Waals surface area contributed by atoms with Crippen LogP contribution in [0.5, 0.6) is 0 Å². The zero-order valence-corrected chi connectivity index (χ0v) is 23.6. The number of hydrogen-bond acceptors (Lipinski definition) is 6. The van der Waals surface area contributed by atoms with Crippen LogP contribution in [0.4, 0.5) is 5.69 Å². The van der Waals surface area contributed by atoms with Gasteiger partial charge in [-0.2, -0.15) is 0 Å². The Bertz CT molecular complexity index is 1850. The van der Waals surface area contributed by atoms with Crippen molar-refractivity contribution in [2.75, 3.05) is 11.5 Å². The minimum atomic E-state index is -0.672. The summed E-state index contributed by atoms with van der Waals surface area (Å²) in [7, 11) is 0. The van der Waals surface area contributed by atoms with E-state index in [0.717, 1.165) is 6.42 Å². The maximum atomic E-state index is 13.5. The minimum absolute atomic E-state index is 0.113. The zero-order chi connectivity index (χ0) is 29.4. The summed E-state index contributed by atoms with van der Waals surface area (Å²) in [5, 5.41) is 0.865. The molecular weight excluding hydrogens is 564 g/mol. The third-order valence-corrected chi connectivity index (χ3v) is 9.83. The van der Waals surface area contributed by atoms with Crippen molar-refractivity contribution < 1.29 is 23.9 Å². The van der Waals surface area contributed by atoms with Crippen molar-refractivity contribution in [3.05, 3.63) is 107 Å². The van der Waals surface area contributed by atoms with Crippen LogP contribution in [0.25, 0.3) is 22.2 Å². The monoisotopic (exact) mass is 588 g/mol. The number of ketones is 1. The van der Waals surface area contributed by atoms with E-state index in [9.17, 15) is 19.2 Å². The topological polar surface area (TPSA) is 93.6 Å². The summed E-state index contributed by atoms with van der Waals surface area (Å²) >= 11 is 6.49. The molecule has 43 heavy (non-hydrogen) atoms. The Balaban J connectivity index is 1.08. The summed E-state index contributed by atoms with van der Waals surface area (Å²) in [6.45, 7) is -0.407. The SMILES string of the molecule is O=C(COC(=O)c1cc(-c2ccc(N3C(=O)C4C5C=CC(C6CC56)C4C3=O)cc2)nc2c(Cl)cccc12)c1ccccc1. The molecule has 3 aromatic carbocycles. The molecule has 212 valence electrons. The average Bonchev–Trinajstić information content (AvgIpc) is 3.82. The van der Waals surface area contributed by atoms with Crippen molar-refractivity contribution >= 4 is 51.8 Å². The van der Waals surface area contributed by atoms with Crippen LogP contribution >= 0.6 is 11.6 Å². The number of benzene rings is 3. The van der Waals surface area contributed by atoms with Crippen LogP contribution in [0.15, 0.2) is 91.0 Å². The van der Waals surface area contributed by atoms with E-state index in [-0.39, 0.29) is 46.8 Å². The lowest BCUT2D eigenvalue weighted by molar-refractivity contribution is -0.124. The van der Waals surface area contributed by atoms with Crippen LogP contribution < -0.4 is 4.90 Å². The van der Waals surface area contributed by atoms with Crippen molar-refractivity contribution in [3.8, 4) is 11.3 Å². The number of anilines is 1. The number of ether oxygens (including phenoxy) is 1. The van der Waals surface area contributed by atoms with E-state index in [1.807, 2.05) is 0 Å². The molecule has 2 saturated carbocycles. The molecule has 1 aliphatic heterocycles. The van der Waals surface area contributed by atoms with E-state index in [2.05, 4.69) is 12.2 Å². The Labute approximate surface area is 252 Å². The summed E-state index contributed by atoms with van der Waals surface area (Å²) < 4.78 is 5.43. The molecule has 4 aliphatic carbocycles. The lowest BCUT2D eigenvalue weighted by atomic mass is 9.63. The van der Waals surface area contributed by atoms with Gasteiger partial charge in [-0.1, -0.05) is 78.4 Å². The predicted octanol–water partition coefficient (Wildman–Crippen LogP) is 6.15. The number of allylic oxidation sites excluding steroid dienone is 2. The van der Waals surface area contributed by atoms with E-state index in [0.29, 0.717) is 50.3 Å². The summed E-state index contributed by atoms with van der Waals surface area (Å²) in [4.78, 5) is 59.0. The van der Waals surface area contributed by atoms with Crippen molar-refractivity contribution in [2.24, 2.45) is 35.5 Å². The molecule has 0 radical (unpaired) electrons. The van der Waals surface area contributed by atoms with Crippen LogP contribution in [0.1, 0.15) is 27.1 Å². The summed E-state index contributed by atoms with van der Waals surface area (Å²) in [5.74, 6) is -0.341. The number of pyridine rings is 1. The molecule has 2 bridgehead atoms. The molecule has 2 amide bonds. The molecule has 6 atom stereocenters. The quantitative estimate of drug-likeness (QED) is 0.116. The molecular formula is C35H25ClN2O5. The van der Waals surface area contributed by atoms with Gasteiger partial charge in [-0.3, -0.25) is 19.3 Å². The number of Topliss-reactive ketones (excluding diaryl/α,β-unsaturated/α-hetero) is 1. The number of hydrogen-bond donors (Lipinski definition) is 0. The van der Waals surface area contributed by atoms with E-state index in [4.69, 9.17) is 21.3 Å². The number of carbonyl (C=O) groups is 4. The number of carbonyl (C=O) groups excluding carboxylic acids is 4. The molecule has 7 nitrogen and oxygen atoms in total. The van der Waals surface area contributed by atoms with Gasteiger partial charge in [0.15, 0.2) is 12.4 Å². The second-order valence-corrected chi connectivity index (χ2v) is 12.2. The standard InChI is InChI=1S/C35H25ClN2O5/c36-27-8-4-7-23-26(35(42)43-17-29(39)19-5-2-1-3-6-19)16-28(37-32(23)27)18-9-11-20(12-10-18)38-33(40)30-21-13-14-22(25-15-24(21)25)31(30)34(38)41/h1-14,16,21-22,24-25,30-31H,15,17H2. The fraction of sp³-hybridized carbons (Fsp3) is 0.229. The highest BCUT2D eigenvalue weighted by atomic mass is 35.5. The van der Waals surface area contributed by atoms with Crippen LogP contribution in [-0.2, 0) is 14.3 Å². The van der Waals surface area contributed by atoms with Gasteiger partial charge >= 0.3 is 5.97 Å². The lowest BCUT2D eigenvalue weighted by Gasteiger charge is -2.37. The van der Waals surface area contributed by atoms with E-state index in [1.54, 1.807) is 78.9 Å². The number of rotatable bonds is 6. The summed E-state index contributed by atoms with van der Waals surface area (Å²) in [6.07, 6.45) is 5.44. The summed E-state index contributed by atoms with van der Waals surface area (Å²) in [6, 6.07) is 22.4. The van der Waals surface area contributed by atoms with Crippen LogP contribution in [0.3, 0.4) is 0 Å². The first kappa shape index (κ1) is 26.0. The molecule has 1 saturated heterocycles. The Kier molecular flexibility index (Phi) is 5.88. The fourth-order valence-electron chi connectivity index (χ4n) is 7.44. The first-order chi connectivity index (χ1) is 20.9. The Morgan fingerprint density at radius 1 is 0.860 bits per heavy atom. The second kappa shape index (κ2) is 9.71. The minimum Gasteiger partial charge on any atom is -0.454 e. The molecule has 4 aromatic rings. The number of para-hydroxylation sites is 1. The first-order valence-corrected chi connectivity index (χ1v) is 14.8. The maximum Gasteiger partial charge on any atom is 0.339 e. The zero-order valence-electron chi connectivity index (χ0n) is 22.9. The molecule has 0 spiro atoms. The van der Waals surface area contributed by atoms with Crippen LogP contribution in [0, 0.1) is 35.5 Å². The van der Waals surface area contributed by atoms with Gasteiger partial charge in [0.25, 0.3) is 0 Å². The smallest absolute Gasteiger partial charge is 0.339 e. The van der Waals surface area contributed by atoms with Crippen molar-refractivity contribution in [3.63, 3.8) is 0 Å². The number of imide groups is 1. The van der Waals surface area contributed by atoms with Gasteiger partial charge in [0.2, 0.25) is 11.8 Å². The van der Waals surface area contributed by atoms with Gasteiger partial charge in [0.05, 0.1) is 39.3 Å². The van der Waals surface area contributed by atoms with E-state index in [1.165, 1.54) is 4.90 Å². The summed E-state index contributed by atoms with van der Waals surface area (Å²) in [5.41, 5.74) is 2.75. The van der Waals surface area contributed by atoms with Crippen molar-refractivity contribution in [2.45, 2.75) is 6.42 Å². The predicted molar refractivity (Wildman–Crippen MR) is 160 cm³/mol. The molecule has 2 heterocycles. The number of fused-ring (bicyclic) bond motifs is 1. The molecule has 9 rings (SSSR count). The van der Waals surface area contributed by atoms with Gasteiger partial charge in [-0.25, -0.2) is 9.78 Å². The first-order valence-electron chi connectivity index (χ1n) is 14.4. The van der Waals surface area contributed by atoms with Gasteiger partial charge in [0.1, 0.15) is 0 Å². The van der Waals surface area contributed by atoms with Gasteiger partial charge in [-0.15, -0.1) is 0 Å². The molecule has 6 unspecified atom stereocenters. The van der Waals surface area contributed by atoms with E-state index < -0.39 is 12.6 Å². The molecule has 5 aliphatic rings. The second-order valence-electron chi connectivity index (χ2n) is 11.8. The third-order valence-electron chi connectivity index (χ3n) is 9.52. The molecule has 0 N–H and O–H groups in total. The third kappa shape index (κ3) is 4.06. The van der Waals surface area contributed by atoms with Gasteiger partial charge in [-0.05, 0) is 54.4 Å². The van der Waals surface area contributed by atoms with Crippen molar-refractivity contribution in [1.82, 2.24) is 4.98 Å². The van der Waals surface area contributed by atoms with Gasteiger partial charge in [0, 0.05) is 16.5 Å². The average molecular weight is 589 g/mol. The largest absolute Gasteiger partial charge is 0.454 e. The molecule has 3 fully saturated rings. The number of nitrogens with zero attached hydrogens (tertiary/aromatic N) is 2. The van der Waals surface area contributed by atoms with Crippen molar-refractivity contribution in [1.29, 1.82) is 0 Å². The lowest BCUT2D eigenvalue weighted by Crippen LogP contribution is -2.40. The van der Waals surface area contributed by atoms with Crippen LogP contribution in [-0.4, -0.2) is 35.2 Å². The van der Waals surface area contributed by atoms with Gasteiger partial charge < -0.3 is 4.74 Å². The number of halogens is 1. The highest BCUT2D eigenvalue weighted by molar-refractivity contribution is 6.35. The number of esters is 1. The number of amides is 2. The normalized spacial score (nSPS) is 26.4. The highest BCUT2D eigenvalue weighted by Crippen LogP contribution is 2.65. The Hall–Kier alpha value is -4.62. The van der Waals surface area contributed by atoms with Crippen LogP contribution in [0.2, 0.25) is 5.02 Å². The molecule has 1 aromatic heterocycles. The Morgan fingerprint density at radius 2 is 1.53 bits per heavy atom. The Morgan fingerprint density at radius 3 is 2.21 bits per heavy atom. The number of aromatic nitrogens is 1.